The molecule has 0 fully saturated rings. The van der Waals surface area contributed by atoms with E-state index in [1.807, 2.05) is 0 Å². The molecule has 0 amide bonds. The van der Waals surface area contributed by atoms with E-state index in [2.05, 4.69) is 47.7 Å². The van der Waals surface area contributed by atoms with Gasteiger partial charge >= 0.3 is 0 Å². The number of aromatic nitrogens is 1. The van der Waals surface area contributed by atoms with Gasteiger partial charge in [-0.25, -0.2) is 0 Å². The lowest BCUT2D eigenvalue weighted by molar-refractivity contribution is 0.560. The molecule has 0 aliphatic heterocycles. The monoisotopic (exact) mass is 245 g/mol. The highest BCUT2D eigenvalue weighted by atomic mass is 14.9. The first-order valence-corrected chi connectivity index (χ1v) is 6.82. The van der Waals surface area contributed by atoms with Gasteiger partial charge in [-0.05, 0) is 31.0 Å². The van der Waals surface area contributed by atoms with E-state index in [0.29, 0.717) is 0 Å². The van der Waals surface area contributed by atoms with Gasteiger partial charge in [0.1, 0.15) is 0 Å². The molecule has 1 unspecified atom stereocenters. The van der Waals surface area contributed by atoms with Crippen molar-refractivity contribution >= 4 is 10.9 Å². The second kappa shape index (κ2) is 6.57. The van der Waals surface area contributed by atoms with Crippen LogP contribution >= 0.6 is 0 Å². The maximum atomic E-state index is 6.16. The molecule has 1 atom stereocenters. The van der Waals surface area contributed by atoms with Gasteiger partial charge in [0, 0.05) is 29.7 Å². The predicted molar refractivity (Wildman–Crippen MR) is 77.8 cm³/mol. The number of benzene rings is 1. The Bertz CT molecular complexity index is 475. The average Bonchev–Trinajstić information content (AvgIpc) is 2.78. The van der Waals surface area contributed by atoms with Crippen LogP contribution in [-0.2, 0) is 6.42 Å². The molecule has 1 aromatic carbocycles. The molecule has 0 radical (unpaired) electrons. The molecule has 1 aromatic heterocycles. The first kappa shape index (κ1) is 13.1. The van der Waals surface area contributed by atoms with Crippen molar-refractivity contribution in [3.8, 4) is 0 Å². The molecule has 3 heteroatoms. The third-order valence-corrected chi connectivity index (χ3v) is 3.27. The van der Waals surface area contributed by atoms with Crippen LogP contribution in [0.2, 0.25) is 0 Å². The van der Waals surface area contributed by atoms with E-state index in [1.165, 1.54) is 29.3 Å². The van der Waals surface area contributed by atoms with Crippen LogP contribution in [0, 0.1) is 0 Å². The summed E-state index contributed by atoms with van der Waals surface area (Å²) in [6.45, 7) is 4.16. The Balaban J connectivity index is 1.88. The van der Waals surface area contributed by atoms with Gasteiger partial charge < -0.3 is 16.0 Å². The van der Waals surface area contributed by atoms with Crippen LogP contribution in [0.4, 0.5) is 0 Å². The van der Waals surface area contributed by atoms with Crippen LogP contribution < -0.4 is 11.1 Å². The molecule has 0 aliphatic rings. The Morgan fingerprint density at radius 3 is 3.00 bits per heavy atom. The van der Waals surface area contributed by atoms with Crippen LogP contribution in [0.5, 0.6) is 0 Å². The number of para-hydroxylation sites is 1. The van der Waals surface area contributed by atoms with Crippen molar-refractivity contribution in [1.29, 1.82) is 0 Å². The standard InChI is InChI=1S/C15H23N3/c1-2-3-8-17-11-13(16)9-12-10-18-15-7-5-4-6-14(12)15/h4-7,10,13,17-18H,2-3,8-9,11,16H2,1H3. The maximum absolute atomic E-state index is 6.16. The summed E-state index contributed by atoms with van der Waals surface area (Å²) < 4.78 is 0. The van der Waals surface area contributed by atoms with Crippen molar-refractivity contribution in [3.05, 3.63) is 36.0 Å². The van der Waals surface area contributed by atoms with Gasteiger partial charge in [0.15, 0.2) is 0 Å². The molecule has 2 aromatic rings. The van der Waals surface area contributed by atoms with Crippen molar-refractivity contribution < 1.29 is 0 Å². The van der Waals surface area contributed by atoms with Crippen LogP contribution in [0.3, 0.4) is 0 Å². The molecule has 1 heterocycles. The van der Waals surface area contributed by atoms with Crippen molar-refractivity contribution in [2.45, 2.75) is 32.2 Å². The molecule has 0 spiro atoms. The first-order chi connectivity index (χ1) is 8.81. The van der Waals surface area contributed by atoms with Crippen molar-refractivity contribution in [3.63, 3.8) is 0 Å². The lowest BCUT2D eigenvalue weighted by Crippen LogP contribution is -2.35. The second-order valence-corrected chi connectivity index (χ2v) is 4.88. The van der Waals surface area contributed by atoms with Crippen molar-refractivity contribution in [2.24, 2.45) is 5.73 Å². The van der Waals surface area contributed by atoms with E-state index < -0.39 is 0 Å². The summed E-state index contributed by atoms with van der Waals surface area (Å²) in [5.41, 5.74) is 8.67. The number of hydrogen-bond donors (Lipinski definition) is 3. The highest BCUT2D eigenvalue weighted by Gasteiger charge is 2.08. The van der Waals surface area contributed by atoms with Gasteiger partial charge in [-0.1, -0.05) is 31.5 Å². The second-order valence-electron chi connectivity index (χ2n) is 4.88. The number of H-pyrrole nitrogens is 1. The number of rotatable bonds is 7. The molecule has 3 nitrogen and oxygen atoms in total. The molecule has 98 valence electrons. The van der Waals surface area contributed by atoms with Gasteiger partial charge in [0.25, 0.3) is 0 Å². The molecule has 4 N–H and O–H groups in total. The fraction of sp³-hybridized carbons (Fsp3) is 0.467. The van der Waals surface area contributed by atoms with Crippen LogP contribution in [-0.4, -0.2) is 24.1 Å². The van der Waals surface area contributed by atoms with Gasteiger partial charge in [-0.15, -0.1) is 0 Å². The maximum Gasteiger partial charge on any atom is 0.0456 e. The predicted octanol–water partition coefficient (Wildman–Crippen LogP) is 2.43. The molecule has 0 saturated carbocycles. The zero-order valence-electron chi connectivity index (χ0n) is 11.1. The van der Waals surface area contributed by atoms with E-state index in [-0.39, 0.29) is 6.04 Å². The summed E-state index contributed by atoms with van der Waals surface area (Å²) >= 11 is 0. The Morgan fingerprint density at radius 1 is 1.33 bits per heavy atom. The summed E-state index contributed by atoms with van der Waals surface area (Å²) in [6, 6.07) is 8.56. The average molecular weight is 245 g/mol. The van der Waals surface area contributed by atoms with Crippen LogP contribution in [0.1, 0.15) is 25.3 Å². The Hall–Kier alpha value is -1.32. The van der Waals surface area contributed by atoms with E-state index in [9.17, 15) is 0 Å². The Labute approximate surface area is 109 Å². The number of hydrogen-bond acceptors (Lipinski definition) is 2. The van der Waals surface area contributed by atoms with Crippen molar-refractivity contribution in [2.75, 3.05) is 13.1 Å². The quantitative estimate of drug-likeness (QED) is 0.656. The molecular weight excluding hydrogens is 222 g/mol. The summed E-state index contributed by atoms with van der Waals surface area (Å²) in [6.07, 6.45) is 5.45. The number of nitrogens with two attached hydrogens (primary N) is 1. The van der Waals surface area contributed by atoms with Crippen LogP contribution in [0.15, 0.2) is 30.5 Å². The molecule has 0 bridgehead atoms. The van der Waals surface area contributed by atoms with Gasteiger partial charge in [0.2, 0.25) is 0 Å². The largest absolute Gasteiger partial charge is 0.361 e. The van der Waals surface area contributed by atoms with Crippen molar-refractivity contribution in [1.82, 2.24) is 10.3 Å². The molecule has 18 heavy (non-hydrogen) atoms. The minimum absolute atomic E-state index is 0.182. The number of unbranched alkanes of at least 4 members (excludes halogenated alkanes) is 1. The molecule has 0 aliphatic carbocycles. The lowest BCUT2D eigenvalue weighted by atomic mass is 10.1. The fourth-order valence-corrected chi connectivity index (χ4v) is 2.24. The third kappa shape index (κ3) is 3.34. The summed E-state index contributed by atoms with van der Waals surface area (Å²) in [5, 5.41) is 4.70. The molecule has 0 saturated heterocycles. The highest BCUT2D eigenvalue weighted by Crippen LogP contribution is 2.18. The SMILES string of the molecule is CCCCNCC(N)Cc1c[nH]c2ccccc12. The highest BCUT2D eigenvalue weighted by molar-refractivity contribution is 5.83. The minimum atomic E-state index is 0.182. The zero-order valence-corrected chi connectivity index (χ0v) is 11.1. The third-order valence-electron chi connectivity index (χ3n) is 3.27. The Morgan fingerprint density at radius 2 is 2.17 bits per heavy atom. The molecule has 2 rings (SSSR count). The van der Waals surface area contributed by atoms with E-state index in [4.69, 9.17) is 5.73 Å². The Kier molecular flexibility index (Phi) is 4.79. The lowest BCUT2D eigenvalue weighted by Gasteiger charge is -2.12. The first-order valence-electron chi connectivity index (χ1n) is 6.82. The molecular formula is C15H23N3. The normalized spacial score (nSPS) is 13.0. The number of nitrogens with one attached hydrogen (secondary N) is 2. The van der Waals surface area contributed by atoms with E-state index in [0.717, 1.165) is 19.5 Å². The summed E-state index contributed by atoms with van der Waals surface area (Å²) in [4.78, 5) is 3.29. The fourth-order valence-electron chi connectivity index (χ4n) is 2.24. The summed E-state index contributed by atoms with van der Waals surface area (Å²) in [7, 11) is 0. The number of fused-ring (bicyclic) bond motifs is 1. The summed E-state index contributed by atoms with van der Waals surface area (Å²) in [5.74, 6) is 0. The zero-order chi connectivity index (χ0) is 12.8. The van der Waals surface area contributed by atoms with E-state index >= 15 is 0 Å². The smallest absolute Gasteiger partial charge is 0.0456 e. The van der Waals surface area contributed by atoms with Gasteiger partial charge in [-0.2, -0.15) is 0 Å². The van der Waals surface area contributed by atoms with Gasteiger partial charge in [-0.3, -0.25) is 0 Å². The topological polar surface area (TPSA) is 53.8 Å². The van der Waals surface area contributed by atoms with E-state index in [1.54, 1.807) is 0 Å². The minimum Gasteiger partial charge on any atom is -0.361 e. The van der Waals surface area contributed by atoms with Gasteiger partial charge in [0.05, 0.1) is 0 Å². The van der Waals surface area contributed by atoms with Crippen LogP contribution in [0.25, 0.3) is 10.9 Å². The number of aromatic amines is 1.